The van der Waals surface area contributed by atoms with E-state index in [4.69, 9.17) is 32.7 Å². The molecule has 0 saturated carbocycles. The van der Waals surface area contributed by atoms with Gasteiger partial charge in [-0.15, -0.1) is 0 Å². The third-order valence-electron chi connectivity index (χ3n) is 4.03. The quantitative estimate of drug-likeness (QED) is 0.287. The molecule has 0 spiro atoms. The lowest BCUT2D eigenvalue weighted by molar-refractivity contribution is -0.147. The Kier molecular flexibility index (Phi) is 7.38. The molecule has 0 N–H and O–H groups in total. The van der Waals surface area contributed by atoms with Gasteiger partial charge in [0.05, 0.1) is 10.8 Å². The summed E-state index contributed by atoms with van der Waals surface area (Å²) in [4.78, 5) is 25.5. The molecule has 30 heavy (non-hydrogen) atoms. The maximum atomic E-state index is 12.7. The van der Waals surface area contributed by atoms with Crippen molar-refractivity contribution < 1.29 is 19.1 Å². The van der Waals surface area contributed by atoms with Gasteiger partial charge in [-0.1, -0.05) is 23.2 Å². The van der Waals surface area contributed by atoms with Gasteiger partial charge < -0.3 is 9.47 Å². The maximum absolute atomic E-state index is 12.7. The van der Waals surface area contributed by atoms with Gasteiger partial charge in [-0.05, 0) is 90.1 Å². The molecule has 2 rings (SSSR count). The maximum Gasteiger partial charge on any atom is 0.316 e. The number of carbonyl (C=O) groups excluding carboxylic acids is 2. The summed E-state index contributed by atoms with van der Waals surface area (Å²) in [6.45, 7) is 10.5. The second kappa shape index (κ2) is 9.23. The van der Waals surface area contributed by atoms with Gasteiger partial charge >= 0.3 is 11.9 Å². The lowest BCUT2D eigenvalue weighted by Crippen LogP contribution is -2.25. The molecule has 6 heteroatoms. The second-order valence-electron chi connectivity index (χ2n) is 8.95. The summed E-state index contributed by atoms with van der Waals surface area (Å²) in [6, 6.07) is 13.5. The van der Waals surface area contributed by atoms with Crippen molar-refractivity contribution in [3.05, 3.63) is 69.7 Å². The van der Waals surface area contributed by atoms with E-state index >= 15 is 0 Å². The minimum Gasteiger partial charge on any atom is -0.421 e. The normalized spacial score (nSPS) is 12.8. The fourth-order valence-corrected chi connectivity index (χ4v) is 2.42. The van der Waals surface area contributed by atoms with Crippen LogP contribution in [0, 0.1) is 10.8 Å². The molecule has 0 saturated heterocycles. The van der Waals surface area contributed by atoms with Crippen molar-refractivity contribution in [1.29, 1.82) is 0 Å². The van der Waals surface area contributed by atoms with Crippen LogP contribution in [0.25, 0.3) is 11.5 Å². The highest BCUT2D eigenvalue weighted by atomic mass is 35.5. The van der Waals surface area contributed by atoms with Crippen LogP contribution < -0.4 is 0 Å². The number of rotatable bonds is 4. The van der Waals surface area contributed by atoms with Crippen LogP contribution >= 0.6 is 23.2 Å². The molecule has 0 aliphatic rings. The Balaban J connectivity index is 2.74. The van der Waals surface area contributed by atoms with E-state index in [1.54, 1.807) is 90.1 Å². The molecular formula is C24H26Cl2O4. The Bertz CT molecular complexity index is 865. The number of carbonyl (C=O) groups is 2. The van der Waals surface area contributed by atoms with Crippen molar-refractivity contribution in [2.75, 3.05) is 0 Å². The molecule has 0 fully saturated rings. The van der Waals surface area contributed by atoms with Crippen molar-refractivity contribution in [1.82, 2.24) is 0 Å². The number of ether oxygens (including phenoxy) is 2. The predicted molar refractivity (Wildman–Crippen MR) is 121 cm³/mol. The molecular weight excluding hydrogens is 423 g/mol. The van der Waals surface area contributed by atoms with Crippen LogP contribution in [0.2, 0.25) is 10.0 Å². The largest absolute Gasteiger partial charge is 0.421 e. The molecule has 160 valence electrons. The van der Waals surface area contributed by atoms with E-state index in [-0.39, 0.29) is 11.5 Å². The first-order valence-electron chi connectivity index (χ1n) is 9.50. The van der Waals surface area contributed by atoms with Gasteiger partial charge in [0.2, 0.25) is 0 Å². The second-order valence-corrected chi connectivity index (χ2v) is 9.82. The van der Waals surface area contributed by atoms with E-state index in [0.717, 1.165) is 0 Å². The Morgan fingerprint density at radius 3 is 1.10 bits per heavy atom. The van der Waals surface area contributed by atoms with Gasteiger partial charge in [-0.25, -0.2) is 0 Å². The molecule has 0 aromatic heterocycles. The molecule has 0 amide bonds. The van der Waals surface area contributed by atoms with Crippen LogP contribution in [0.4, 0.5) is 0 Å². The van der Waals surface area contributed by atoms with E-state index in [9.17, 15) is 9.59 Å². The molecule has 0 aliphatic heterocycles. The van der Waals surface area contributed by atoms with Crippen molar-refractivity contribution >= 4 is 46.7 Å². The zero-order valence-electron chi connectivity index (χ0n) is 18.0. The highest BCUT2D eigenvalue weighted by Crippen LogP contribution is 2.34. The summed E-state index contributed by atoms with van der Waals surface area (Å²) in [5.41, 5.74) is -0.444. The van der Waals surface area contributed by atoms with Crippen LogP contribution in [0.15, 0.2) is 48.5 Å². The lowest BCUT2D eigenvalue weighted by Gasteiger charge is -2.23. The average Bonchev–Trinajstić information content (AvgIpc) is 2.64. The summed E-state index contributed by atoms with van der Waals surface area (Å²) in [5, 5.41) is 1.06. The van der Waals surface area contributed by atoms with Crippen molar-refractivity contribution in [2.45, 2.75) is 41.5 Å². The summed E-state index contributed by atoms with van der Waals surface area (Å²) < 4.78 is 11.6. The molecule has 4 nitrogen and oxygen atoms in total. The molecule has 0 radical (unpaired) electrons. The topological polar surface area (TPSA) is 52.6 Å². The summed E-state index contributed by atoms with van der Waals surface area (Å²) in [5.74, 6) is -0.672. The summed E-state index contributed by atoms with van der Waals surface area (Å²) in [7, 11) is 0. The van der Waals surface area contributed by atoms with Gasteiger partial charge in [-0.2, -0.15) is 0 Å². The zero-order valence-corrected chi connectivity index (χ0v) is 19.5. The Hall–Kier alpha value is -2.30. The number of benzene rings is 2. The highest BCUT2D eigenvalue weighted by molar-refractivity contribution is 6.31. The molecule has 0 unspecified atom stereocenters. The van der Waals surface area contributed by atoms with Crippen LogP contribution in [-0.2, 0) is 19.1 Å². The Labute approximate surface area is 187 Å². The fraction of sp³-hybridized carbons (Fsp3) is 0.333. The van der Waals surface area contributed by atoms with E-state index in [0.29, 0.717) is 21.2 Å². The van der Waals surface area contributed by atoms with Crippen LogP contribution in [0.1, 0.15) is 52.7 Å². The third-order valence-corrected chi connectivity index (χ3v) is 4.54. The predicted octanol–water partition coefficient (Wildman–Crippen LogP) is 7.00. The molecule has 0 aliphatic carbocycles. The Morgan fingerprint density at radius 2 is 0.867 bits per heavy atom. The monoisotopic (exact) mass is 448 g/mol. The first kappa shape index (κ1) is 24.0. The fourth-order valence-electron chi connectivity index (χ4n) is 2.17. The van der Waals surface area contributed by atoms with Gasteiger partial charge in [0.15, 0.2) is 11.5 Å². The molecule has 0 atom stereocenters. The SMILES string of the molecule is CC(C)(C)C(=O)O/C(=C(/OC(=O)C(C)(C)C)c1ccc(Cl)cc1)c1ccc(Cl)cc1. The van der Waals surface area contributed by atoms with Crippen LogP contribution in [0.5, 0.6) is 0 Å². The van der Waals surface area contributed by atoms with E-state index in [1.165, 1.54) is 0 Å². The standard InChI is InChI=1S/C24H26Cl2O4/c1-23(2,3)21(27)29-19(15-7-11-17(25)12-8-15)20(30-22(28)24(4,5)6)16-9-13-18(26)14-10-16/h7-14H,1-6H3/b20-19+. The van der Waals surface area contributed by atoms with Gasteiger partial charge in [0, 0.05) is 21.2 Å². The zero-order chi connectivity index (χ0) is 22.7. The highest BCUT2D eigenvalue weighted by Gasteiger charge is 2.30. The first-order chi connectivity index (χ1) is 13.8. The van der Waals surface area contributed by atoms with Gasteiger partial charge in [0.1, 0.15) is 0 Å². The molecule has 0 heterocycles. The summed E-state index contributed by atoms with van der Waals surface area (Å²) in [6.07, 6.45) is 0. The summed E-state index contributed by atoms with van der Waals surface area (Å²) >= 11 is 12.1. The number of hydrogen-bond donors (Lipinski definition) is 0. The van der Waals surface area contributed by atoms with E-state index in [1.807, 2.05) is 0 Å². The third kappa shape index (κ3) is 6.35. The van der Waals surface area contributed by atoms with Crippen molar-refractivity contribution in [3.63, 3.8) is 0 Å². The van der Waals surface area contributed by atoms with Crippen LogP contribution in [-0.4, -0.2) is 11.9 Å². The number of esters is 2. The number of hydrogen-bond acceptors (Lipinski definition) is 4. The number of halogens is 2. The smallest absolute Gasteiger partial charge is 0.316 e. The van der Waals surface area contributed by atoms with Crippen molar-refractivity contribution in [2.24, 2.45) is 10.8 Å². The average molecular weight is 449 g/mol. The lowest BCUT2D eigenvalue weighted by atomic mass is 9.96. The minimum absolute atomic E-state index is 0.131. The van der Waals surface area contributed by atoms with Gasteiger partial charge in [-0.3, -0.25) is 9.59 Å². The van der Waals surface area contributed by atoms with Gasteiger partial charge in [0.25, 0.3) is 0 Å². The molecule has 2 aromatic carbocycles. The molecule has 0 bridgehead atoms. The minimum atomic E-state index is -0.767. The Morgan fingerprint density at radius 1 is 0.600 bits per heavy atom. The molecule has 2 aromatic rings. The van der Waals surface area contributed by atoms with Crippen molar-refractivity contribution in [3.8, 4) is 0 Å². The van der Waals surface area contributed by atoms with E-state index < -0.39 is 22.8 Å². The van der Waals surface area contributed by atoms with E-state index in [2.05, 4.69) is 0 Å². The first-order valence-corrected chi connectivity index (χ1v) is 10.3. The van der Waals surface area contributed by atoms with Crippen LogP contribution in [0.3, 0.4) is 0 Å².